The van der Waals surface area contributed by atoms with Crippen LogP contribution < -0.4 is 5.73 Å². The number of hydrogen-bond donors (Lipinski definition) is 2. The van der Waals surface area contributed by atoms with Gasteiger partial charge in [0.2, 0.25) is 0 Å². The van der Waals surface area contributed by atoms with Crippen LogP contribution in [0.2, 0.25) is 0 Å². The summed E-state index contributed by atoms with van der Waals surface area (Å²) in [4.78, 5) is 4.33. The van der Waals surface area contributed by atoms with Crippen LogP contribution >= 0.6 is 0 Å². The van der Waals surface area contributed by atoms with Crippen molar-refractivity contribution in [2.24, 2.45) is 0 Å². The Morgan fingerprint density at radius 2 is 1.90 bits per heavy atom. The van der Waals surface area contributed by atoms with Gasteiger partial charge in [0.15, 0.2) is 0 Å². The molecule has 20 heavy (non-hydrogen) atoms. The molecule has 0 bridgehead atoms. The summed E-state index contributed by atoms with van der Waals surface area (Å²) in [6, 6.07) is 0. The molecular formula is C14H29N5O. The summed E-state index contributed by atoms with van der Waals surface area (Å²) in [5.74, 6) is 0. The molecule has 1 aromatic rings. The Hall–Kier alpha value is -1.11. The van der Waals surface area contributed by atoms with Gasteiger partial charge in [-0.1, -0.05) is 0 Å². The third kappa shape index (κ3) is 5.11. The lowest BCUT2D eigenvalue weighted by molar-refractivity contribution is 0.104. The molecule has 0 saturated carbocycles. The van der Waals surface area contributed by atoms with Crippen molar-refractivity contribution in [1.82, 2.24) is 19.6 Å². The summed E-state index contributed by atoms with van der Waals surface area (Å²) in [7, 11) is 6.18. The average Bonchev–Trinajstić information content (AvgIpc) is 2.56. The van der Waals surface area contributed by atoms with Crippen LogP contribution in [0.1, 0.15) is 17.8 Å². The molecule has 1 unspecified atom stereocenters. The van der Waals surface area contributed by atoms with Crippen molar-refractivity contribution in [2.75, 3.05) is 46.5 Å². The lowest BCUT2D eigenvalue weighted by atomic mass is 10.3. The van der Waals surface area contributed by atoms with Crippen LogP contribution in [-0.4, -0.2) is 71.6 Å². The number of aliphatic hydroxyl groups is 1. The van der Waals surface area contributed by atoms with Crippen LogP contribution in [0.5, 0.6) is 0 Å². The van der Waals surface area contributed by atoms with Gasteiger partial charge in [-0.05, 0) is 54.5 Å². The van der Waals surface area contributed by atoms with Gasteiger partial charge in [0.25, 0.3) is 0 Å². The first-order valence-electron chi connectivity index (χ1n) is 7.12. The van der Waals surface area contributed by atoms with Crippen molar-refractivity contribution in [2.45, 2.75) is 32.9 Å². The molecule has 0 amide bonds. The molecule has 3 N–H and O–H groups in total. The Morgan fingerprint density at radius 3 is 2.40 bits per heavy atom. The normalized spacial score (nSPS) is 13.4. The first kappa shape index (κ1) is 16.9. The zero-order chi connectivity index (χ0) is 15.3. The number of nitrogens with zero attached hydrogens (tertiary/aromatic N) is 4. The second kappa shape index (κ2) is 7.61. The molecule has 0 spiro atoms. The minimum Gasteiger partial charge on any atom is -0.396 e. The van der Waals surface area contributed by atoms with Crippen LogP contribution in [0, 0.1) is 13.8 Å². The number of anilines is 1. The van der Waals surface area contributed by atoms with Gasteiger partial charge >= 0.3 is 0 Å². The zero-order valence-electron chi connectivity index (χ0n) is 13.4. The van der Waals surface area contributed by atoms with E-state index in [2.05, 4.69) is 29.0 Å². The Morgan fingerprint density at radius 1 is 1.25 bits per heavy atom. The van der Waals surface area contributed by atoms with E-state index in [-0.39, 0.29) is 0 Å². The summed E-state index contributed by atoms with van der Waals surface area (Å²) in [6.45, 7) is 7.00. The predicted octanol–water partition coefficient (Wildman–Crippen LogP) is 0.327. The van der Waals surface area contributed by atoms with Gasteiger partial charge in [0, 0.05) is 6.54 Å². The molecule has 116 valence electrons. The fourth-order valence-electron chi connectivity index (χ4n) is 2.25. The first-order valence-corrected chi connectivity index (χ1v) is 7.12. The second-order valence-corrected chi connectivity index (χ2v) is 5.84. The third-order valence-electron chi connectivity index (χ3n) is 3.49. The van der Waals surface area contributed by atoms with E-state index in [1.54, 1.807) is 4.68 Å². The standard InChI is InChI=1S/C14H29N5O/c1-11-14(15)12(2)19(16-11)10-13(20)9-18(5)8-6-7-17(3)4/h13,20H,6-10,15H2,1-5H3. The number of likely N-dealkylation sites (N-methyl/N-ethyl adjacent to an activating group) is 1. The number of hydrogen-bond acceptors (Lipinski definition) is 5. The Balaban J connectivity index is 2.39. The molecule has 6 nitrogen and oxygen atoms in total. The summed E-state index contributed by atoms with van der Waals surface area (Å²) in [5, 5.41) is 14.5. The monoisotopic (exact) mass is 283 g/mol. The quantitative estimate of drug-likeness (QED) is 0.719. The molecule has 0 aliphatic heterocycles. The van der Waals surface area contributed by atoms with Gasteiger partial charge in [0.1, 0.15) is 0 Å². The Labute approximate surface area is 122 Å². The molecule has 0 aliphatic carbocycles. The van der Waals surface area contributed by atoms with Crippen LogP contribution in [0.25, 0.3) is 0 Å². The highest BCUT2D eigenvalue weighted by atomic mass is 16.3. The maximum absolute atomic E-state index is 10.2. The van der Waals surface area contributed by atoms with E-state index in [0.717, 1.165) is 36.6 Å². The molecule has 6 heteroatoms. The van der Waals surface area contributed by atoms with Crippen LogP contribution in [0.15, 0.2) is 0 Å². The summed E-state index contributed by atoms with van der Waals surface area (Å²) >= 11 is 0. The maximum Gasteiger partial charge on any atom is 0.0862 e. The van der Waals surface area contributed by atoms with Crippen molar-refractivity contribution in [1.29, 1.82) is 0 Å². The molecule has 1 heterocycles. The number of nitrogens with two attached hydrogens (primary N) is 1. The van der Waals surface area contributed by atoms with Crippen LogP contribution in [-0.2, 0) is 6.54 Å². The van der Waals surface area contributed by atoms with Crippen LogP contribution in [0.4, 0.5) is 5.69 Å². The van der Waals surface area contributed by atoms with Crippen molar-refractivity contribution >= 4 is 5.69 Å². The van der Waals surface area contributed by atoms with Gasteiger partial charge in [-0.25, -0.2) is 0 Å². The predicted molar refractivity (Wildman–Crippen MR) is 82.8 cm³/mol. The van der Waals surface area contributed by atoms with E-state index in [1.807, 2.05) is 20.9 Å². The number of aryl methyl sites for hydroxylation is 1. The van der Waals surface area contributed by atoms with Crippen molar-refractivity contribution in [3.8, 4) is 0 Å². The minimum atomic E-state index is -0.434. The largest absolute Gasteiger partial charge is 0.396 e. The molecule has 1 aromatic heterocycles. The lowest BCUT2D eigenvalue weighted by Gasteiger charge is -2.21. The highest BCUT2D eigenvalue weighted by Crippen LogP contribution is 2.15. The molecule has 0 saturated heterocycles. The smallest absolute Gasteiger partial charge is 0.0862 e. The number of nitrogen functional groups attached to an aromatic ring is 1. The molecule has 0 radical (unpaired) electrons. The van der Waals surface area contributed by atoms with E-state index in [4.69, 9.17) is 5.73 Å². The second-order valence-electron chi connectivity index (χ2n) is 5.84. The van der Waals surface area contributed by atoms with Crippen molar-refractivity contribution in [3.05, 3.63) is 11.4 Å². The average molecular weight is 283 g/mol. The van der Waals surface area contributed by atoms with Gasteiger partial charge in [-0.2, -0.15) is 5.10 Å². The fourth-order valence-corrected chi connectivity index (χ4v) is 2.25. The lowest BCUT2D eigenvalue weighted by Crippen LogP contribution is -2.34. The molecule has 1 rings (SSSR count). The molecule has 0 aliphatic rings. The summed E-state index contributed by atoms with van der Waals surface area (Å²) < 4.78 is 1.79. The van der Waals surface area contributed by atoms with E-state index in [1.165, 1.54) is 0 Å². The minimum absolute atomic E-state index is 0.434. The van der Waals surface area contributed by atoms with E-state index in [9.17, 15) is 5.11 Å². The maximum atomic E-state index is 10.2. The third-order valence-corrected chi connectivity index (χ3v) is 3.49. The molecule has 0 aromatic carbocycles. The van der Waals surface area contributed by atoms with E-state index < -0.39 is 6.10 Å². The van der Waals surface area contributed by atoms with E-state index >= 15 is 0 Å². The van der Waals surface area contributed by atoms with Gasteiger partial charge in [-0.15, -0.1) is 0 Å². The highest BCUT2D eigenvalue weighted by molar-refractivity contribution is 5.46. The molecular weight excluding hydrogens is 254 g/mol. The Kier molecular flexibility index (Phi) is 6.45. The SMILES string of the molecule is Cc1nn(CC(O)CN(C)CCCN(C)C)c(C)c1N. The number of aliphatic hydroxyl groups excluding tert-OH is 1. The zero-order valence-corrected chi connectivity index (χ0v) is 13.4. The summed E-state index contributed by atoms with van der Waals surface area (Å²) in [5.41, 5.74) is 8.37. The van der Waals surface area contributed by atoms with Crippen molar-refractivity contribution < 1.29 is 5.11 Å². The number of aromatic nitrogens is 2. The van der Waals surface area contributed by atoms with Gasteiger partial charge in [-0.3, -0.25) is 4.68 Å². The topological polar surface area (TPSA) is 70.5 Å². The summed E-state index contributed by atoms with van der Waals surface area (Å²) in [6.07, 6.45) is 0.667. The Bertz CT molecular complexity index is 416. The van der Waals surface area contributed by atoms with Crippen molar-refractivity contribution in [3.63, 3.8) is 0 Å². The van der Waals surface area contributed by atoms with Crippen LogP contribution in [0.3, 0.4) is 0 Å². The molecule has 0 fully saturated rings. The van der Waals surface area contributed by atoms with E-state index in [0.29, 0.717) is 13.1 Å². The molecule has 1 atom stereocenters. The fraction of sp³-hybridized carbons (Fsp3) is 0.786. The van der Waals surface area contributed by atoms with Gasteiger partial charge in [0.05, 0.1) is 29.7 Å². The van der Waals surface area contributed by atoms with Gasteiger partial charge < -0.3 is 20.6 Å². The first-order chi connectivity index (χ1) is 9.31. The number of rotatable bonds is 8. The highest BCUT2D eigenvalue weighted by Gasteiger charge is 2.13.